The molecule has 1 fully saturated rings. The third kappa shape index (κ3) is 3.03. The smallest absolute Gasteiger partial charge is 0.0469 e. The van der Waals surface area contributed by atoms with E-state index in [0.29, 0.717) is 18.0 Å². The number of hydrogen-bond acceptors (Lipinski definition) is 3. The predicted molar refractivity (Wildman–Crippen MR) is 61.7 cm³/mol. The van der Waals surface area contributed by atoms with Crippen LogP contribution in [0.4, 0.5) is 0 Å². The summed E-state index contributed by atoms with van der Waals surface area (Å²) >= 11 is 0. The van der Waals surface area contributed by atoms with E-state index in [9.17, 15) is 0 Å². The Kier molecular flexibility index (Phi) is 4.18. The van der Waals surface area contributed by atoms with Crippen molar-refractivity contribution in [2.45, 2.75) is 37.8 Å². The van der Waals surface area contributed by atoms with E-state index in [-0.39, 0.29) is 0 Å². The molecule has 1 aliphatic heterocycles. The Balaban J connectivity index is 1.79. The van der Waals surface area contributed by atoms with Crippen molar-refractivity contribution in [2.24, 2.45) is 11.7 Å². The highest BCUT2D eigenvalue weighted by Crippen LogP contribution is 2.20. The molecule has 1 unspecified atom stereocenters. The quantitative estimate of drug-likeness (QED) is 0.682. The number of ether oxygens (including phenoxy) is 1. The van der Waals surface area contributed by atoms with Gasteiger partial charge >= 0.3 is 0 Å². The normalized spacial score (nSPS) is 25.9. The van der Waals surface area contributed by atoms with Gasteiger partial charge in [-0.1, -0.05) is 12.2 Å². The summed E-state index contributed by atoms with van der Waals surface area (Å²) in [7, 11) is 0. The molecule has 3 heteroatoms. The van der Waals surface area contributed by atoms with Crippen molar-refractivity contribution in [2.75, 3.05) is 19.8 Å². The van der Waals surface area contributed by atoms with Crippen molar-refractivity contribution in [3.63, 3.8) is 0 Å². The van der Waals surface area contributed by atoms with E-state index in [1.54, 1.807) is 0 Å². The fourth-order valence-corrected chi connectivity index (χ4v) is 2.57. The molecule has 1 heterocycles. The van der Waals surface area contributed by atoms with Gasteiger partial charge < -0.3 is 15.8 Å². The molecule has 0 bridgehead atoms. The summed E-state index contributed by atoms with van der Waals surface area (Å²) in [6.07, 6.45) is 9.17. The van der Waals surface area contributed by atoms with Crippen LogP contribution in [0.25, 0.3) is 0 Å². The van der Waals surface area contributed by atoms with E-state index >= 15 is 0 Å². The van der Waals surface area contributed by atoms with Crippen LogP contribution in [0, 0.1) is 5.92 Å². The summed E-state index contributed by atoms with van der Waals surface area (Å²) in [6.45, 7) is 2.57. The van der Waals surface area contributed by atoms with Crippen LogP contribution in [-0.2, 0) is 4.74 Å². The van der Waals surface area contributed by atoms with Gasteiger partial charge in [0.2, 0.25) is 0 Å². The number of nitrogens with two attached hydrogens (primary N) is 1. The van der Waals surface area contributed by atoms with E-state index in [2.05, 4.69) is 17.5 Å². The highest BCUT2D eigenvalue weighted by molar-refractivity contribution is 4.99. The van der Waals surface area contributed by atoms with Gasteiger partial charge in [0.25, 0.3) is 0 Å². The van der Waals surface area contributed by atoms with Crippen molar-refractivity contribution >= 4 is 0 Å². The zero-order valence-electron chi connectivity index (χ0n) is 9.32. The van der Waals surface area contributed by atoms with Crippen LogP contribution in [0.3, 0.4) is 0 Å². The minimum Gasteiger partial charge on any atom is -0.381 e. The molecule has 86 valence electrons. The molecular weight excluding hydrogens is 188 g/mol. The van der Waals surface area contributed by atoms with Crippen LogP contribution in [0.2, 0.25) is 0 Å². The van der Waals surface area contributed by atoms with Gasteiger partial charge in [-0.2, -0.15) is 0 Å². The zero-order valence-corrected chi connectivity index (χ0v) is 9.32. The summed E-state index contributed by atoms with van der Waals surface area (Å²) in [5.74, 6) is 0.712. The maximum absolute atomic E-state index is 5.86. The average Bonchev–Trinajstić information content (AvgIpc) is 2.80. The monoisotopic (exact) mass is 210 g/mol. The molecule has 0 saturated carbocycles. The molecule has 0 spiro atoms. The van der Waals surface area contributed by atoms with E-state index in [4.69, 9.17) is 10.5 Å². The van der Waals surface area contributed by atoms with Crippen molar-refractivity contribution in [3.05, 3.63) is 12.2 Å². The Morgan fingerprint density at radius 2 is 1.93 bits per heavy atom. The van der Waals surface area contributed by atoms with Crippen LogP contribution in [0.1, 0.15) is 25.7 Å². The van der Waals surface area contributed by atoms with E-state index in [1.807, 2.05) is 0 Å². The van der Waals surface area contributed by atoms with Gasteiger partial charge in [0, 0.05) is 31.8 Å². The van der Waals surface area contributed by atoms with Gasteiger partial charge in [0.05, 0.1) is 0 Å². The lowest BCUT2D eigenvalue weighted by Gasteiger charge is -2.32. The second-order valence-corrected chi connectivity index (χ2v) is 4.60. The lowest BCUT2D eigenvalue weighted by Crippen LogP contribution is -2.48. The van der Waals surface area contributed by atoms with Crippen molar-refractivity contribution in [3.8, 4) is 0 Å². The molecule has 3 N–H and O–H groups in total. The topological polar surface area (TPSA) is 47.3 Å². The zero-order chi connectivity index (χ0) is 10.5. The van der Waals surface area contributed by atoms with Gasteiger partial charge in [-0.05, 0) is 31.6 Å². The average molecular weight is 210 g/mol. The highest BCUT2D eigenvalue weighted by atomic mass is 16.5. The molecule has 1 aliphatic carbocycles. The van der Waals surface area contributed by atoms with Crippen molar-refractivity contribution in [1.82, 2.24) is 5.32 Å². The first-order valence-corrected chi connectivity index (χ1v) is 6.09. The molecule has 1 atom stereocenters. The maximum atomic E-state index is 5.86. The molecule has 0 aromatic heterocycles. The second-order valence-electron chi connectivity index (χ2n) is 4.60. The molecule has 15 heavy (non-hydrogen) atoms. The molecule has 2 aliphatic rings. The number of hydrogen-bond donors (Lipinski definition) is 2. The molecule has 0 radical (unpaired) electrons. The fraction of sp³-hybridized carbons (Fsp3) is 0.833. The summed E-state index contributed by atoms with van der Waals surface area (Å²) in [4.78, 5) is 0. The summed E-state index contributed by atoms with van der Waals surface area (Å²) < 4.78 is 5.38. The molecule has 0 aromatic carbocycles. The molecule has 1 saturated heterocycles. The van der Waals surface area contributed by atoms with Crippen molar-refractivity contribution in [1.29, 1.82) is 0 Å². The third-order valence-electron chi connectivity index (χ3n) is 3.55. The van der Waals surface area contributed by atoms with Gasteiger partial charge in [-0.25, -0.2) is 0 Å². The minimum absolute atomic E-state index is 0.485. The first-order chi connectivity index (χ1) is 7.40. The lowest BCUT2D eigenvalue weighted by atomic mass is 9.91. The minimum atomic E-state index is 0.485. The van der Waals surface area contributed by atoms with E-state index < -0.39 is 0 Å². The van der Waals surface area contributed by atoms with Gasteiger partial charge in [-0.15, -0.1) is 0 Å². The number of rotatable bonds is 4. The summed E-state index contributed by atoms with van der Waals surface area (Å²) in [6, 6.07) is 1.11. The van der Waals surface area contributed by atoms with Crippen LogP contribution in [-0.4, -0.2) is 31.8 Å². The largest absolute Gasteiger partial charge is 0.381 e. The van der Waals surface area contributed by atoms with Crippen LogP contribution < -0.4 is 11.1 Å². The molecule has 0 aromatic rings. The molecular formula is C12H22N2O. The SMILES string of the molecule is NCC(NC1CC=CC1)C1CCOCC1. The standard InChI is InChI=1S/C12H22N2O/c13-9-12(10-5-7-15-8-6-10)14-11-3-1-2-4-11/h1-2,10-12,14H,3-9,13H2. The Bertz CT molecular complexity index is 204. The van der Waals surface area contributed by atoms with Gasteiger partial charge in [0.15, 0.2) is 0 Å². The lowest BCUT2D eigenvalue weighted by molar-refractivity contribution is 0.0533. The predicted octanol–water partition coefficient (Wildman–Crippen LogP) is 1.05. The molecule has 3 nitrogen and oxygen atoms in total. The first kappa shape index (κ1) is 11.1. The molecule has 2 rings (SSSR count). The summed E-state index contributed by atoms with van der Waals surface area (Å²) in [5, 5.41) is 3.69. The Morgan fingerprint density at radius 1 is 1.27 bits per heavy atom. The van der Waals surface area contributed by atoms with Crippen LogP contribution in [0.15, 0.2) is 12.2 Å². The van der Waals surface area contributed by atoms with Gasteiger partial charge in [-0.3, -0.25) is 0 Å². The fourth-order valence-electron chi connectivity index (χ4n) is 2.57. The Labute approximate surface area is 92.1 Å². The number of nitrogens with one attached hydrogen (secondary N) is 1. The maximum Gasteiger partial charge on any atom is 0.0469 e. The highest BCUT2D eigenvalue weighted by Gasteiger charge is 2.25. The van der Waals surface area contributed by atoms with Crippen LogP contribution in [0.5, 0.6) is 0 Å². The second kappa shape index (κ2) is 5.64. The molecule has 0 amide bonds. The Hall–Kier alpha value is -0.380. The summed E-state index contributed by atoms with van der Waals surface area (Å²) in [5.41, 5.74) is 5.86. The first-order valence-electron chi connectivity index (χ1n) is 6.09. The van der Waals surface area contributed by atoms with Gasteiger partial charge in [0.1, 0.15) is 0 Å². The van der Waals surface area contributed by atoms with Crippen molar-refractivity contribution < 1.29 is 4.74 Å². The van der Waals surface area contributed by atoms with E-state index in [0.717, 1.165) is 32.6 Å². The van der Waals surface area contributed by atoms with Crippen LogP contribution >= 0.6 is 0 Å². The van der Waals surface area contributed by atoms with E-state index in [1.165, 1.54) is 12.8 Å². The third-order valence-corrected chi connectivity index (χ3v) is 3.55. The Morgan fingerprint density at radius 3 is 2.53 bits per heavy atom.